The molecule has 4 heteroatoms. The van der Waals surface area contributed by atoms with Crippen molar-refractivity contribution in [2.45, 2.75) is 33.3 Å². The minimum Gasteiger partial charge on any atom is -0.393 e. The van der Waals surface area contributed by atoms with Gasteiger partial charge in [-0.3, -0.25) is 0 Å². The van der Waals surface area contributed by atoms with E-state index >= 15 is 0 Å². The van der Waals surface area contributed by atoms with Gasteiger partial charge in [-0.1, -0.05) is 6.92 Å². The predicted molar refractivity (Wildman–Crippen MR) is 62.7 cm³/mol. The second-order valence-electron chi connectivity index (χ2n) is 3.05. The highest BCUT2D eigenvalue weighted by Crippen LogP contribution is 2.15. The lowest BCUT2D eigenvalue weighted by molar-refractivity contribution is 0.120. The molecule has 0 aromatic rings. The maximum atomic E-state index is 9.54. The van der Waals surface area contributed by atoms with Crippen molar-refractivity contribution in [1.29, 1.82) is 0 Å². The van der Waals surface area contributed by atoms with E-state index in [-0.39, 0.29) is 6.61 Å². The number of hydrogen-bond acceptors (Lipinski definition) is 4. The van der Waals surface area contributed by atoms with Crippen molar-refractivity contribution in [3.63, 3.8) is 0 Å². The molecule has 0 fully saturated rings. The normalized spacial score (nSPS) is 16.6. The summed E-state index contributed by atoms with van der Waals surface area (Å²) < 4.78 is 0. The summed E-state index contributed by atoms with van der Waals surface area (Å²) in [6, 6.07) is 0. The Labute approximate surface area is 89.9 Å². The van der Waals surface area contributed by atoms with Gasteiger partial charge in [0.2, 0.25) is 0 Å². The molecule has 2 N–H and O–H groups in total. The molecular formula is C10H19NO2S. The first kappa shape index (κ1) is 13.7. The molecular weight excluding hydrogens is 198 g/mol. The van der Waals surface area contributed by atoms with Crippen molar-refractivity contribution >= 4 is 16.8 Å². The van der Waals surface area contributed by atoms with E-state index in [0.717, 1.165) is 17.0 Å². The molecule has 14 heavy (non-hydrogen) atoms. The molecule has 0 spiro atoms. The summed E-state index contributed by atoms with van der Waals surface area (Å²) in [6.45, 7) is 5.53. The van der Waals surface area contributed by atoms with Gasteiger partial charge in [-0.15, -0.1) is 11.8 Å². The molecule has 1 atom stereocenters. The Morgan fingerprint density at radius 1 is 1.43 bits per heavy atom. The zero-order chi connectivity index (χ0) is 11.1. The molecule has 0 saturated heterocycles. The largest absolute Gasteiger partial charge is 0.393 e. The third-order valence-electron chi connectivity index (χ3n) is 2.03. The lowest BCUT2D eigenvalue weighted by Gasteiger charge is -2.12. The van der Waals surface area contributed by atoms with Crippen molar-refractivity contribution in [2.75, 3.05) is 12.9 Å². The van der Waals surface area contributed by atoms with Crippen LogP contribution in [-0.4, -0.2) is 34.2 Å². The number of thioether (sulfide) groups is 1. The van der Waals surface area contributed by atoms with Crippen LogP contribution in [-0.2, 0) is 0 Å². The van der Waals surface area contributed by atoms with E-state index in [1.165, 1.54) is 11.8 Å². The van der Waals surface area contributed by atoms with E-state index in [1.54, 1.807) is 0 Å². The number of nitrogens with zero attached hydrogens (tertiary/aromatic N) is 1. The van der Waals surface area contributed by atoms with E-state index in [9.17, 15) is 5.11 Å². The average Bonchev–Trinajstić information content (AvgIpc) is 2.23. The summed E-state index contributed by atoms with van der Waals surface area (Å²) in [5, 5.41) is 19.3. The van der Waals surface area contributed by atoms with E-state index < -0.39 is 6.10 Å². The molecule has 0 aliphatic heterocycles. The molecule has 0 rings (SSSR count). The second kappa shape index (κ2) is 7.04. The van der Waals surface area contributed by atoms with Crippen LogP contribution in [0.4, 0.5) is 0 Å². The van der Waals surface area contributed by atoms with Gasteiger partial charge >= 0.3 is 0 Å². The monoisotopic (exact) mass is 217 g/mol. The van der Waals surface area contributed by atoms with Gasteiger partial charge in [0.25, 0.3) is 0 Å². The van der Waals surface area contributed by atoms with Gasteiger partial charge in [0, 0.05) is 0 Å². The number of aliphatic hydroxyl groups is 2. The zero-order valence-corrected chi connectivity index (χ0v) is 10.1. The molecule has 1 unspecified atom stereocenters. The lowest BCUT2D eigenvalue weighted by Crippen LogP contribution is -2.16. The molecule has 0 saturated carbocycles. The summed E-state index contributed by atoms with van der Waals surface area (Å²) in [5.41, 5.74) is 1.61. The highest BCUT2D eigenvalue weighted by atomic mass is 32.2. The fourth-order valence-corrected chi connectivity index (χ4v) is 1.13. The van der Waals surface area contributed by atoms with Crippen molar-refractivity contribution in [2.24, 2.45) is 4.99 Å². The number of aliphatic hydroxyl groups excluding tert-OH is 2. The van der Waals surface area contributed by atoms with Crippen molar-refractivity contribution in [1.82, 2.24) is 0 Å². The smallest absolute Gasteiger partial charge is 0.119 e. The fourth-order valence-electron chi connectivity index (χ4n) is 0.937. The number of rotatable bonds is 4. The summed E-state index contributed by atoms with van der Waals surface area (Å²) >= 11 is 1.53. The first-order chi connectivity index (χ1) is 6.56. The van der Waals surface area contributed by atoms with Crippen LogP contribution in [0.2, 0.25) is 0 Å². The SMILES string of the molecule is CCC(C)=C(N=C(C)SC)C(O)CO. The van der Waals surface area contributed by atoms with Crippen LogP contribution in [0, 0.1) is 0 Å². The third-order valence-corrected chi connectivity index (χ3v) is 2.71. The summed E-state index contributed by atoms with van der Waals surface area (Å²) in [6.07, 6.45) is 1.90. The Bertz CT molecular complexity index is 236. The molecule has 3 nitrogen and oxygen atoms in total. The van der Waals surface area contributed by atoms with Crippen LogP contribution in [0.1, 0.15) is 27.2 Å². The van der Waals surface area contributed by atoms with Crippen LogP contribution in [0.15, 0.2) is 16.3 Å². The standard InChI is InChI=1S/C10H19NO2S/c1-5-7(2)10(9(13)6-12)11-8(3)14-4/h9,12-13H,5-6H2,1-4H3. The van der Waals surface area contributed by atoms with E-state index in [4.69, 9.17) is 5.11 Å². The Morgan fingerprint density at radius 3 is 2.36 bits per heavy atom. The molecule has 0 aliphatic rings. The van der Waals surface area contributed by atoms with Gasteiger partial charge < -0.3 is 10.2 Å². The number of allylic oxidation sites excluding steroid dienone is 1. The van der Waals surface area contributed by atoms with Gasteiger partial charge in [0.15, 0.2) is 0 Å². The molecule has 0 bridgehead atoms. The highest BCUT2D eigenvalue weighted by Gasteiger charge is 2.11. The minimum absolute atomic E-state index is 0.280. The zero-order valence-electron chi connectivity index (χ0n) is 9.24. The van der Waals surface area contributed by atoms with Crippen molar-refractivity contribution in [3.05, 3.63) is 11.3 Å². The Hall–Kier alpha value is -0.320. The van der Waals surface area contributed by atoms with E-state index in [1.807, 2.05) is 27.0 Å². The Morgan fingerprint density at radius 2 is 2.00 bits per heavy atom. The second-order valence-corrected chi connectivity index (χ2v) is 4.05. The average molecular weight is 217 g/mol. The van der Waals surface area contributed by atoms with Gasteiger partial charge in [-0.05, 0) is 32.1 Å². The molecule has 0 radical (unpaired) electrons. The van der Waals surface area contributed by atoms with Gasteiger partial charge in [-0.2, -0.15) is 0 Å². The van der Waals surface area contributed by atoms with Crippen LogP contribution in [0.3, 0.4) is 0 Å². The van der Waals surface area contributed by atoms with Crippen LogP contribution < -0.4 is 0 Å². The maximum absolute atomic E-state index is 9.54. The number of hydrogen-bond donors (Lipinski definition) is 2. The van der Waals surface area contributed by atoms with E-state index in [0.29, 0.717) is 5.70 Å². The number of aliphatic imine (C=N–C) groups is 1. The minimum atomic E-state index is -0.864. The van der Waals surface area contributed by atoms with Crippen molar-refractivity contribution < 1.29 is 10.2 Å². The first-order valence-corrected chi connectivity index (χ1v) is 5.87. The Balaban J connectivity index is 4.93. The third kappa shape index (κ3) is 4.26. The molecule has 0 aromatic heterocycles. The summed E-state index contributed by atoms with van der Waals surface area (Å²) in [7, 11) is 0. The topological polar surface area (TPSA) is 52.8 Å². The molecule has 0 aliphatic carbocycles. The Kier molecular flexibility index (Phi) is 6.87. The van der Waals surface area contributed by atoms with Gasteiger partial charge in [0.1, 0.15) is 6.10 Å². The fraction of sp³-hybridized carbons (Fsp3) is 0.700. The quantitative estimate of drug-likeness (QED) is 0.558. The molecule has 0 heterocycles. The molecule has 0 amide bonds. The van der Waals surface area contributed by atoms with Crippen LogP contribution >= 0.6 is 11.8 Å². The van der Waals surface area contributed by atoms with E-state index in [2.05, 4.69) is 4.99 Å². The van der Waals surface area contributed by atoms with Crippen molar-refractivity contribution in [3.8, 4) is 0 Å². The summed E-state index contributed by atoms with van der Waals surface area (Å²) in [4.78, 5) is 4.29. The molecule has 82 valence electrons. The van der Waals surface area contributed by atoms with Gasteiger partial charge in [-0.25, -0.2) is 4.99 Å². The summed E-state index contributed by atoms with van der Waals surface area (Å²) in [5.74, 6) is 0. The highest BCUT2D eigenvalue weighted by molar-refractivity contribution is 8.13. The maximum Gasteiger partial charge on any atom is 0.119 e. The lowest BCUT2D eigenvalue weighted by atomic mass is 10.1. The first-order valence-electron chi connectivity index (χ1n) is 4.64. The van der Waals surface area contributed by atoms with Crippen LogP contribution in [0.25, 0.3) is 0 Å². The predicted octanol–water partition coefficient (Wildman–Crippen LogP) is 1.81. The van der Waals surface area contributed by atoms with Crippen LogP contribution in [0.5, 0.6) is 0 Å². The molecule has 0 aromatic carbocycles. The van der Waals surface area contributed by atoms with Gasteiger partial charge in [0.05, 0.1) is 17.3 Å².